The van der Waals surface area contributed by atoms with Crippen molar-refractivity contribution in [1.29, 1.82) is 0 Å². The Morgan fingerprint density at radius 1 is 0.969 bits per heavy atom. The normalized spacial score (nSPS) is 11.6. The molecule has 32 heavy (non-hydrogen) atoms. The predicted octanol–water partition coefficient (Wildman–Crippen LogP) is 4.56. The second-order valence-electron chi connectivity index (χ2n) is 6.14. The largest absolute Gasteiger partial charge is 0.435 e. The average molecular weight is 471 g/mol. The number of ether oxygens (including phenoxy) is 2. The lowest BCUT2D eigenvalue weighted by Crippen LogP contribution is -2.32. The number of alkyl halides is 4. The summed E-state index contributed by atoms with van der Waals surface area (Å²) in [5.41, 5.74) is -0.146. The van der Waals surface area contributed by atoms with Gasteiger partial charge in [0.25, 0.3) is 10.0 Å². The van der Waals surface area contributed by atoms with E-state index in [0.29, 0.717) is 0 Å². The highest BCUT2D eigenvalue weighted by Gasteiger charge is 2.26. The molecule has 0 aliphatic carbocycles. The fourth-order valence-corrected chi connectivity index (χ4v) is 4.24. The highest BCUT2D eigenvalue weighted by molar-refractivity contribution is 7.92. The molecule has 0 unspecified atom stereocenters. The van der Waals surface area contributed by atoms with Crippen molar-refractivity contribution in [3.8, 4) is 22.8 Å². The fraction of sp³-hybridized carbons (Fsp3) is 0.200. The predicted molar refractivity (Wildman–Crippen MR) is 107 cm³/mol. The van der Waals surface area contributed by atoms with Crippen LogP contribution < -0.4 is 13.8 Å². The topological polar surface area (TPSA) is 81.6 Å². The standard InChI is InChI=1S/C20H17F4N3O4S/c1-2-27(32(28,29)14-6-4-3-5-7-14)20-25-11-10-16(26-20)15-12-13(30-18(21)22)8-9-17(15)31-19(23)24/h3-12,18-19H,2H2,1H3. The minimum atomic E-state index is -4.02. The number of halogens is 4. The van der Waals surface area contributed by atoms with Crippen LogP contribution in [0.15, 0.2) is 65.7 Å². The summed E-state index contributed by atoms with van der Waals surface area (Å²) in [7, 11) is -4.02. The molecule has 0 spiro atoms. The highest BCUT2D eigenvalue weighted by Crippen LogP contribution is 2.35. The van der Waals surface area contributed by atoms with Gasteiger partial charge >= 0.3 is 13.2 Å². The van der Waals surface area contributed by atoms with E-state index in [1.54, 1.807) is 25.1 Å². The van der Waals surface area contributed by atoms with Crippen molar-refractivity contribution < 1.29 is 35.5 Å². The molecule has 0 aliphatic rings. The second kappa shape index (κ2) is 9.81. The number of rotatable bonds is 9. The first-order valence-corrected chi connectivity index (χ1v) is 10.6. The summed E-state index contributed by atoms with van der Waals surface area (Å²) in [5.74, 6) is -0.918. The maximum Gasteiger partial charge on any atom is 0.387 e. The van der Waals surface area contributed by atoms with E-state index in [9.17, 15) is 26.0 Å². The van der Waals surface area contributed by atoms with E-state index in [-0.39, 0.29) is 40.1 Å². The van der Waals surface area contributed by atoms with Gasteiger partial charge in [-0.15, -0.1) is 0 Å². The van der Waals surface area contributed by atoms with Crippen molar-refractivity contribution in [1.82, 2.24) is 9.97 Å². The van der Waals surface area contributed by atoms with Crippen LogP contribution in [0, 0.1) is 0 Å². The van der Waals surface area contributed by atoms with Gasteiger partial charge in [-0.05, 0) is 43.3 Å². The Morgan fingerprint density at radius 2 is 1.66 bits per heavy atom. The van der Waals surface area contributed by atoms with Crippen molar-refractivity contribution in [3.05, 3.63) is 60.8 Å². The third-order valence-electron chi connectivity index (χ3n) is 4.15. The van der Waals surface area contributed by atoms with E-state index in [1.807, 2.05) is 0 Å². The first-order valence-electron chi connectivity index (χ1n) is 9.17. The molecule has 170 valence electrons. The summed E-state index contributed by atoms with van der Waals surface area (Å²) in [5, 5.41) is 0. The fourth-order valence-electron chi connectivity index (χ4n) is 2.84. The minimum absolute atomic E-state index is 0.00454. The van der Waals surface area contributed by atoms with E-state index < -0.39 is 23.2 Å². The number of benzene rings is 2. The molecule has 12 heteroatoms. The maximum absolute atomic E-state index is 13.0. The molecule has 0 saturated heterocycles. The molecule has 0 atom stereocenters. The molecule has 0 N–H and O–H groups in total. The lowest BCUT2D eigenvalue weighted by molar-refractivity contribution is -0.0526. The smallest absolute Gasteiger partial charge is 0.387 e. The molecule has 1 heterocycles. The van der Waals surface area contributed by atoms with Gasteiger partial charge in [0.05, 0.1) is 10.6 Å². The molecule has 0 aliphatic heterocycles. The molecule has 7 nitrogen and oxygen atoms in total. The highest BCUT2D eigenvalue weighted by atomic mass is 32.2. The van der Waals surface area contributed by atoms with Crippen LogP contribution in [-0.2, 0) is 10.0 Å². The molecule has 3 aromatic rings. The number of aromatic nitrogens is 2. The molecule has 1 aromatic heterocycles. The Labute approximate surface area is 181 Å². The van der Waals surface area contributed by atoms with Gasteiger partial charge in [0.1, 0.15) is 11.5 Å². The Balaban J connectivity index is 2.08. The third kappa shape index (κ3) is 5.25. The lowest BCUT2D eigenvalue weighted by atomic mass is 10.1. The van der Waals surface area contributed by atoms with Crippen LogP contribution in [0.25, 0.3) is 11.3 Å². The number of anilines is 1. The Morgan fingerprint density at radius 3 is 2.28 bits per heavy atom. The summed E-state index contributed by atoms with van der Waals surface area (Å²) >= 11 is 0. The molecular formula is C20H17F4N3O4S. The van der Waals surface area contributed by atoms with Gasteiger partial charge in [0.2, 0.25) is 5.95 Å². The zero-order valence-electron chi connectivity index (χ0n) is 16.5. The summed E-state index contributed by atoms with van der Waals surface area (Å²) in [4.78, 5) is 8.15. The Kier molecular flexibility index (Phi) is 7.13. The van der Waals surface area contributed by atoms with Crippen LogP contribution in [-0.4, -0.2) is 38.2 Å². The van der Waals surface area contributed by atoms with Crippen LogP contribution in [0.5, 0.6) is 11.5 Å². The third-order valence-corrected chi connectivity index (χ3v) is 6.02. The van der Waals surface area contributed by atoms with Crippen molar-refractivity contribution in [2.45, 2.75) is 25.0 Å². The van der Waals surface area contributed by atoms with Crippen LogP contribution in [0.2, 0.25) is 0 Å². The molecule has 0 fully saturated rings. The number of nitrogens with zero attached hydrogens (tertiary/aromatic N) is 3. The molecule has 0 radical (unpaired) electrons. The van der Waals surface area contributed by atoms with Crippen LogP contribution in [0.1, 0.15) is 6.92 Å². The second-order valence-corrected chi connectivity index (χ2v) is 8.00. The molecule has 0 bridgehead atoms. The number of hydrogen-bond acceptors (Lipinski definition) is 6. The minimum Gasteiger partial charge on any atom is -0.435 e. The SMILES string of the molecule is CCN(c1nccc(-c2cc(OC(F)F)ccc2OC(F)F)n1)S(=O)(=O)c1ccccc1. The molecular weight excluding hydrogens is 454 g/mol. The monoisotopic (exact) mass is 471 g/mol. The van der Waals surface area contributed by atoms with Gasteiger partial charge in [-0.25, -0.2) is 22.7 Å². The van der Waals surface area contributed by atoms with Crippen LogP contribution in [0.3, 0.4) is 0 Å². The maximum atomic E-state index is 13.0. The molecule has 0 saturated carbocycles. The van der Waals surface area contributed by atoms with Gasteiger partial charge in [0, 0.05) is 18.3 Å². The van der Waals surface area contributed by atoms with Gasteiger partial charge in [-0.1, -0.05) is 18.2 Å². The summed E-state index contributed by atoms with van der Waals surface area (Å²) in [6.07, 6.45) is 1.22. The van der Waals surface area contributed by atoms with Crippen molar-refractivity contribution in [2.75, 3.05) is 10.8 Å². The van der Waals surface area contributed by atoms with Crippen LogP contribution in [0.4, 0.5) is 23.5 Å². The molecule has 3 rings (SSSR count). The van der Waals surface area contributed by atoms with E-state index in [0.717, 1.165) is 22.5 Å². The lowest BCUT2D eigenvalue weighted by Gasteiger charge is -2.21. The van der Waals surface area contributed by atoms with Crippen molar-refractivity contribution in [2.24, 2.45) is 0 Å². The van der Waals surface area contributed by atoms with Crippen molar-refractivity contribution >= 4 is 16.0 Å². The first kappa shape index (κ1) is 23.3. The first-order chi connectivity index (χ1) is 15.2. The summed E-state index contributed by atoms with van der Waals surface area (Å²) in [6, 6.07) is 12.0. The van der Waals surface area contributed by atoms with Crippen LogP contribution >= 0.6 is 0 Å². The van der Waals surface area contributed by atoms with E-state index in [2.05, 4.69) is 19.4 Å². The Bertz CT molecular complexity index is 1160. The zero-order valence-corrected chi connectivity index (χ0v) is 17.3. The summed E-state index contributed by atoms with van der Waals surface area (Å²) < 4.78 is 86.6. The quantitative estimate of drug-likeness (QED) is 0.426. The summed E-state index contributed by atoms with van der Waals surface area (Å²) in [6.45, 7) is -4.80. The van der Waals surface area contributed by atoms with Gasteiger partial charge < -0.3 is 9.47 Å². The van der Waals surface area contributed by atoms with Gasteiger partial charge in [-0.2, -0.15) is 17.6 Å². The van der Waals surface area contributed by atoms with E-state index in [1.165, 1.54) is 24.4 Å². The number of hydrogen-bond donors (Lipinski definition) is 0. The number of sulfonamides is 1. The van der Waals surface area contributed by atoms with Gasteiger partial charge in [-0.3, -0.25) is 0 Å². The molecule has 0 amide bonds. The zero-order chi connectivity index (χ0) is 23.3. The Hall–Kier alpha value is -3.41. The van der Waals surface area contributed by atoms with E-state index >= 15 is 0 Å². The molecule has 2 aromatic carbocycles. The van der Waals surface area contributed by atoms with Gasteiger partial charge in [0.15, 0.2) is 0 Å². The van der Waals surface area contributed by atoms with Crippen molar-refractivity contribution in [3.63, 3.8) is 0 Å². The average Bonchev–Trinajstić information content (AvgIpc) is 2.75. The van der Waals surface area contributed by atoms with E-state index in [4.69, 9.17) is 0 Å².